The topological polar surface area (TPSA) is 64.3 Å². The Morgan fingerprint density at radius 2 is 2.19 bits per heavy atom. The van der Waals surface area contributed by atoms with Crippen LogP contribution in [0, 0.1) is 16.7 Å². The molecule has 1 aromatic rings. The van der Waals surface area contributed by atoms with Crippen molar-refractivity contribution < 1.29 is 9.90 Å². The fraction of sp³-hybridized carbons (Fsp3) is 0.529. The number of nitriles is 1. The molecule has 0 aromatic heterocycles. The lowest BCUT2D eigenvalue weighted by atomic mass is 9.89. The average molecular weight is 286 g/mol. The Balaban J connectivity index is 1.92. The number of hydrogen-bond acceptors (Lipinski definition) is 3. The average Bonchev–Trinajstić information content (AvgIpc) is 2.86. The van der Waals surface area contributed by atoms with Crippen molar-refractivity contribution in [2.75, 3.05) is 18.0 Å². The summed E-state index contributed by atoms with van der Waals surface area (Å²) in [5.41, 5.74) is 2.40. The fourth-order valence-corrected chi connectivity index (χ4v) is 2.74. The zero-order valence-corrected chi connectivity index (χ0v) is 12.7. The SMILES string of the molecule is CC(C)(C#N)CCCCN1CCc2ccc(C(=O)O)cc21. The molecule has 0 radical (unpaired) electrons. The zero-order chi connectivity index (χ0) is 15.5. The number of carboxylic acids is 1. The summed E-state index contributed by atoms with van der Waals surface area (Å²) < 4.78 is 0. The largest absolute Gasteiger partial charge is 0.478 e. The van der Waals surface area contributed by atoms with Crippen molar-refractivity contribution in [3.05, 3.63) is 29.3 Å². The molecule has 1 aliphatic rings. The normalized spacial score (nSPS) is 13.9. The molecule has 4 heteroatoms. The van der Waals surface area contributed by atoms with Crippen LogP contribution in [-0.2, 0) is 6.42 Å². The first-order valence-corrected chi connectivity index (χ1v) is 7.45. The lowest BCUT2D eigenvalue weighted by Crippen LogP contribution is -2.22. The molecule has 0 spiro atoms. The molecule has 0 fully saturated rings. The van der Waals surface area contributed by atoms with Crippen molar-refractivity contribution in [3.63, 3.8) is 0 Å². The quantitative estimate of drug-likeness (QED) is 0.813. The van der Waals surface area contributed by atoms with Crippen LogP contribution in [-0.4, -0.2) is 24.2 Å². The maximum Gasteiger partial charge on any atom is 0.335 e. The van der Waals surface area contributed by atoms with Crippen molar-refractivity contribution in [3.8, 4) is 6.07 Å². The molecule has 0 saturated carbocycles. The van der Waals surface area contributed by atoms with Crippen LogP contribution in [0.1, 0.15) is 49.0 Å². The summed E-state index contributed by atoms with van der Waals surface area (Å²) in [6, 6.07) is 7.72. The number of nitrogens with zero attached hydrogens (tertiary/aromatic N) is 2. The summed E-state index contributed by atoms with van der Waals surface area (Å²) in [5, 5.41) is 18.1. The number of rotatable bonds is 6. The Bertz CT molecular complexity index is 573. The summed E-state index contributed by atoms with van der Waals surface area (Å²) in [7, 11) is 0. The van der Waals surface area contributed by atoms with Gasteiger partial charge >= 0.3 is 5.97 Å². The minimum Gasteiger partial charge on any atom is -0.478 e. The number of aromatic carboxylic acids is 1. The molecule has 0 atom stereocenters. The van der Waals surface area contributed by atoms with E-state index in [9.17, 15) is 4.79 Å². The third-order valence-corrected chi connectivity index (χ3v) is 4.11. The third-order valence-electron chi connectivity index (χ3n) is 4.11. The Kier molecular flexibility index (Phi) is 4.52. The number of carboxylic acid groups (broad SMARTS) is 1. The highest BCUT2D eigenvalue weighted by Crippen LogP contribution is 2.30. The third kappa shape index (κ3) is 3.75. The number of anilines is 1. The van der Waals surface area contributed by atoms with E-state index in [0.29, 0.717) is 5.56 Å². The lowest BCUT2D eigenvalue weighted by Gasteiger charge is -2.21. The Morgan fingerprint density at radius 1 is 1.43 bits per heavy atom. The van der Waals surface area contributed by atoms with Crippen LogP contribution in [0.5, 0.6) is 0 Å². The molecule has 1 heterocycles. The molecule has 0 unspecified atom stereocenters. The summed E-state index contributed by atoms with van der Waals surface area (Å²) in [6.07, 6.45) is 3.94. The minimum atomic E-state index is -0.875. The van der Waals surface area contributed by atoms with Crippen LogP contribution in [0.3, 0.4) is 0 Å². The predicted molar refractivity (Wildman–Crippen MR) is 82.6 cm³/mol. The maximum atomic E-state index is 11.1. The smallest absolute Gasteiger partial charge is 0.335 e. The Morgan fingerprint density at radius 3 is 2.86 bits per heavy atom. The monoisotopic (exact) mass is 286 g/mol. The first-order chi connectivity index (χ1) is 9.93. The molecule has 4 nitrogen and oxygen atoms in total. The van der Waals surface area contributed by atoms with Crippen molar-refractivity contribution in [2.45, 2.75) is 39.5 Å². The van der Waals surface area contributed by atoms with Crippen LogP contribution in [0.2, 0.25) is 0 Å². The van der Waals surface area contributed by atoms with E-state index in [0.717, 1.165) is 44.5 Å². The molecule has 112 valence electrons. The number of carbonyl (C=O) groups is 1. The standard InChI is InChI=1S/C17H22N2O2/c1-17(2,12-18)8-3-4-9-19-10-7-13-5-6-14(16(20)21)11-15(13)19/h5-6,11H,3-4,7-10H2,1-2H3,(H,20,21). The second-order valence-electron chi connectivity index (χ2n) is 6.34. The molecule has 0 bridgehead atoms. The number of benzene rings is 1. The van der Waals surface area contributed by atoms with Gasteiger partial charge in [0.25, 0.3) is 0 Å². The predicted octanol–water partition coefficient (Wildman–Crippen LogP) is 3.47. The van der Waals surface area contributed by atoms with E-state index in [4.69, 9.17) is 10.4 Å². The van der Waals surface area contributed by atoms with E-state index in [2.05, 4.69) is 11.0 Å². The van der Waals surface area contributed by atoms with Gasteiger partial charge in [0.1, 0.15) is 0 Å². The molecule has 1 aromatic carbocycles. The Hall–Kier alpha value is -2.02. The van der Waals surface area contributed by atoms with E-state index in [1.165, 1.54) is 5.56 Å². The maximum absolute atomic E-state index is 11.1. The van der Waals surface area contributed by atoms with E-state index >= 15 is 0 Å². The van der Waals surface area contributed by atoms with Crippen molar-refractivity contribution in [2.24, 2.45) is 5.41 Å². The van der Waals surface area contributed by atoms with Crippen molar-refractivity contribution in [1.82, 2.24) is 0 Å². The summed E-state index contributed by atoms with van der Waals surface area (Å²) in [6.45, 7) is 5.83. The van der Waals surface area contributed by atoms with Gasteiger partial charge in [-0.15, -0.1) is 0 Å². The lowest BCUT2D eigenvalue weighted by molar-refractivity contribution is 0.0697. The van der Waals surface area contributed by atoms with Crippen molar-refractivity contribution >= 4 is 11.7 Å². The zero-order valence-electron chi connectivity index (χ0n) is 12.7. The number of hydrogen-bond donors (Lipinski definition) is 1. The van der Waals surface area contributed by atoms with Gasteiger partial charge in [-0.1, -0.05) is 12.5 Å². The summed E-state index contributed by atoms with van der Waals surface area (Å²) in [5.74, 6) is -0.875. The first-order valence-electron chi connectivity index (χ1n) is 7.45. The van der Waals surface area contributed by atoms with E-state index < -0.39 is 5.97 Å². The second kappa shape index (κ2) is 6.17. The van der Waals surface area contributed by atoms with Gasteiger partial charge in [-0.2, -0.15) is 5.26 Å². The molecular formula is C17H22N2O2. The van der Waals surface area contributed by atoms with Crippen LogP contribution < -0.4 is 4.90 Å². The Labute approximate surface area is 126 Å². The van der Waals surface area contributed by atoms with Crippen LogP contribution in [0.15, 0.2) is 18.2 Å². The highest BCUT2D eigenvalue weighted by Gasteiger charge is 2.21. The van der Waals surface area contributed by atoms with E-state index in [1.807, 2.05) is 19.9 Å². The second-order valence-corrected chi connectivity index (χ2v) is 6.34. The molecule has 1 aliphatic heterocycles. The molecule has 0 amide bonds. The molecule has 1 N–H and O–H groups in total. The van der Waals surface area contributed by atoms with Crippen molar-refractivity contribution in [1.29, 1.82) is 5.26 Å². The van der Waals surface area contributed by atoms with Gasteiger partial charge in [-0.3, -0.25) is 0 Å². The highest BCUT2D eigenvalue weighted by molar-refractivity contribution is 5.89. The number of fused-ring (bicyclic) bond motifs is 1. The molecule has 0 saturated heterocycles. The number of unbranched alkanes of at least 4 members (excludes halogenated alkanes) is 1. The minimum absolute atomic E-state index is 0.251. The molecular weight excluding hydrogens is 264 g/mol. The van der Waals surface area contributed by atoms with Gasteiger partial charge in [-0.05, 0) is 50.8 Å². The highest BCUT2D eigenvalue weighted by atomic mass is 16.4. The van der Waals surface area contributed by atoms with Gasteiger partial charge in [0.2, 0.25) is 0 Å². The molecule has 21 heavy (non-hydrogen) atoms. The van der Waals surface area contributed by atoms with Gasteiger partial charge in [-0.25, -0.2) is 4.79 Å². The van der Waals surface area contributed by atoms with E-state index in [-0.39, 0.29) is 5.41 Å². The van der Waals surface area contributed by atoms with Gasteiger partial charge < -0.3 is 10.0 Å². The first kappa shape index (κ1) is 15.4. The van der Waals surface area contributed by atoms with Crippen LogP contribution in [0.25, 0.3) is 0 Å². The molecule has 2 rings (SSSR count). The van der Waals surface area contributed by atoms with Gasteiger partial charge in [0, 0.05) is 18.8 Å². The fourth-order valence-electron chi connectivity index (χ4n) is 2.74. The van der Waals surface area contributed by atoms with Gasteiger partial charge in [0.05, 0.1) is 17.0 Å². The van der Waals surface area contributed by atoms with E-state index in [1.54, 1.807) is 12.1 Å². The van der Waals surface area contributed by atoms with Crippen LogP contribution in [0.4, 0.5) is 5.69 Å². The van der Waals surface area contributed by atoms with Gasteiger partial charge in [0.15, 0.2) is 0 Å². The summed E-state index contributed by atoms with van der Waals surface area (Å²) >= 11 is 0. The molecule has 0 aliphatic carbocycles. The summed E-state index contributed by atoms with van der Waals surface area (Å²) in [4.78, 5) is 13.3. The van der Waals surface area contributed by atoms with Crippen LogP contribution >= 0.6 is 0 Å².